The standard InChI is InChI=1S/C17H24N2O2/c20-16-5-3-14(4-6-16)15-7-11-18(12-8-15)13-17(21)19-9-1-2-10-19/h3-6,15,20H,1-2,7-13H2. The number of aromatic hydroxyl groups is 1. The zero-order chi connectivity index (χ0) is 14.7. The summed E-state index contributed by atoms with van der Waals surface area (Å²) in [6.07, 6.45) is 4.51. The van der Waals surface area contributed by atoms with Crippen LogP contribution in [0.25, 0.3) is 0 Å². The molecule has 0 atom stereocenters. The van der Waals surface area contributed by atoms with Crippen LogP contribution in [0.2, 0.25) is 0 Å². The first-order valence-electron chi connectivity index (χ1n) is 8.01. The van der Waals surface area contributed by atoms with E-state index < -0.39 is 0 Å². The fourth-order valence-corrected chi connectivity index (χ4v) is 3.43. The highest BCUT2D eigenvalue weighted by molar-refractivity contribution is 5.78. The maximum Gasteiger partial charge on any atom is 0.236 e. The molecule has 0 saturated carbocycles. The van der Waals surface area contributed by atoms with Crippen molar-refractivity contribution in [2.75, 3.05) is 32.7 Å². The Bertz CT molecular complexity index is 472. The lowest BCUT2D eigenvalue weighted by Crippen LogP contribution is -2.42. The molecule has 2 aliphatic heterocycles. The van der Waals surface area contributed by atoms with Crippen LogP contribution in [0.3, 0.4) is 0 Å². The van der Waals surface area contributed by atoms with Crippen molar-refractivity contribution in [1.29, 1.82) is 0 Å². The molecule has 4 nitrogen and oxygen atoms in total. The molecular weight excluding hydrogens is 264 g/mol. The maximum absolute atomic E-state index is 12.2. The van der Waals surface area contributed by atoms with Gasteiger partial charge in [0.1, 0.15) is 5.75 Å². The average Bonchev–Trinajstić information content (AvgIpc) is 3.03. The third-order valence-corrected chi connectivity index (χ3v) is 4.77. The predicted octanol–water partition coefficient (Wildman–Crippen LogP) is 2.19. The monoisotopic (exact) mass is 288 g/mol. The van der Waals surface area contributed by atoms with Crippen LogP contribution in [-0.4, -0.2) is 53.5 Å². The van der Waals surface area contributed by atoms with E-state index in [1.165, 1.54) is 5.56 Å². The van der Waals surface area contributed by atoms with Gasteiger partial charge < -0.3 is 10.0 Å². The molecule has 1 aromatic carbocycles. The molecule has 1 N–H and O–H groups in total. The van der Waals surface area contributed by atoms with E-state index in [0.717, 1.165) is 51.9 Å². The summed E-state index contributed by atoms with van der Waals surface area (Å²) in [5.74, 6) is 1.19. The van der Waals surface area contributed by atoms with Gasteiger partial charge in [0, 0.05) is 13.1 Å². The van der Waals surface area contributed by atoms with Crippen molar-refractivity contribution in [3.8, 4) is 5.75 Å². The van der Waals surface area contributed by atoms with Gasteiger partial charge in [-0.2, -0.15) is 0 Å². The predicted molar refractivity (Wildman–Crippen MR) is 82.3 cm³/mol. The lowest BCUT2D eigenvalue weighted by Gasteiger charge is -2.32. The summed E-state index contributed by atoms with van der Waals surface area (Å²) in [6.45, 7) is 4.46. The summed E-state index contributed by atoms with van der Waals surface area (Å²) in [6, 6.07) is 7.56. The molecule has 0 bridgehead atoms. The van der Waals surface area contributed by atoms with Crippen molar-refractivity contribution in [2.24, 2.45) is 0 Å². The highest BCUT2D eigenvalue weighted by Gasteiger charge is 2.24. The summed E-state index contributed by atoms with van der Waals surface area (Å²) < 4.78 is 0. The number of carbonyl (C=O) groups is 1. The number of hydrogen-bond donors (Lipinski definition) is 1. The maximum atomic E-state index is 12.2. The van der Waals surface area contributed by atoms with Gasteiger partial charge in [-0.15, -0.1) is 0 Å². The van der Waals surface area contributed by atoms with Crippen LogP contribution in [0, 0.1) is 0 Å². The summed E-state index contributed by atoms with van der Waals surface area (Å²) in [7, 11) is 0. The zero-order valence-corrected chi connectivity index (χ0v) is 12.5. The number of nitrogens with zero attached hydrogens (tertiary/aromatic N) is 2. The smallest absolute Gasteiger partial charge is 0.236 e. The minimum atomic E-state index is 0.301. The van der Waals surface area contributed by atoms with E-state index >= 15 is 0 Å². The Morgan fingerprint density at radius 3 is 2.29 bits per heavy atom. The minimum absolute atomic E-state index is 0.301. The summed E-state index contributed by atoms with van der Waals surface area (Å²) in [4.78, 5) is 16.5. The minimum Gasteiger partial charge on any atom is -0.508 e. The molecule has 0 spiro atoms. The number of phenolic OH excluding ortho intramolecular Hbond substituents is 1. The van der Waals surface area contributed by atoms with Crippen molar-refractivity contribution in [3.63, 3.8) is 0 Å². The number of hydrogen-bond acceptors (Lipinski definition) is 3. The molecule has 0 unspecified atom stereocenters. The zero-order valence-electron chi connectivity index (χ0n) is 12.5. The van der Waals surface area contributed by atoms with Gasteiger partial charge >= 0.3 is 0 Å². The number of amides is 1. The van der Waals surface area contributed by atoms with E-state index in [4.69, 9.17) is 0 Å². The Hall–Kier alpha value is -1.55. The second kappa shape index (κ2) is 6.48. The molecule has 1 aromatic rings. The molecule has 2 fully saturated rings. The Morgan fingerprint density at radius 1 is 1.05 bits per heavy atom. The van der Waals surface area contributed by atoms with Gasteiger partial charge in [-0.25, -0.2) is 0 Å². The highest BCUT2D eigenvalue weighted by atomic mass is 16.3. The average molecular weight is 288 g/mol. The largest absolute Gasteiger partial charge is 0.508 e. The number of carbonyl (C=O) groups excluding carboxylic acids is 1. The highest BCUT2D eigenvalue weighted by Crippen LogP contribution is 2.29. The quantitative estimate of drug-likeness (QED) is 0.927. The molecule has 21 heavy (non-hydrogen) atoms. The Labute approximate surface area is 126 Å². The van der Waals surface area contributed by atoms with E-state index in [9.17, 15) is 9.90 Å². The first-order chi connectivity index (χ1) is 10.2. The molecule has 0 aliphatic carbocycles. The molecule has 1 amide bonds. The van der Waals surface area contributed by atoms with E-state index in [1.807, 2.05) is 17.0 Å². The normalized spacial score (nSPS) is 20.9. The first kappa shape index (κ1) is 14.4. The fourth-order valence-electron chi connectivity index (χ4n) is 3.43. The van der Waals surface area contributed by atoms with Crippen LogP contribution in [0.5, 0.6) is 5.75 Å². The Kier molecular flexibility index (Phi) is 4.44. The van der Waals surface area contributed by atoms with Crippen molar-refractivity contribution in [1.82, 2.24) is 9.80 Å². The number of rotatable bonds is 3. The summed E-state index contributed by atoms with van der Waals surface area (Å²) in [5, 5.41) is 9.35. The molecule has 2 saturated heterocycles. The van der Waals surface area contributed by atoms with Crippen LogP contribution in [0.4, 0.5) is 0 Å². The van der Waals surface area contributed by atoms with Crippen LogP contribution in [0.15, 0.2) is 24.3 Å². The number of piperidine rings is 1. The van der Waals surface area contributed by atoms with E-state index in [1.54, 1.807) is 12.1 Å². The third-order valence-electron chi connectivity index (χ3n) is 4.77. The van der Waals surface area contributed by atoms with Gasteiger partial charge in [-0.3, -0.25) is 9.69 Å². The number of benzene rings is 1. The van der Waals surface area contributed by atoms with E-state index in [2.05, 4.69) is 4.90 Å². The first-order valence-corrected chi connectivity index (χ1v) is 8.01. The second-order valence-electron chi connectivity index (χ2n) is 6.23. The molecule has 3 rings (SSSR count). The van der Waals surface area contributed by atoms with Crippen LogP contribution in [-0.2, 0) is 4.79 Å². The van der Waals surface area contributed by atoms with E-state index in [0.29, 0.717) is 24.1 Å². The molecule has 4 heteroatoms. The molecular formula is C17H24N2O2. The second-order valence-corrected chi connectivity index (χ2v) is 6.23. The van der Waals surface area contributed by atoms with Crippen LogP contribution in [0.1, 0.15) is 37.2 Å². The van der Waals surface area contributed by atoms with E-state index in [-0.39, 0.29) is 0 Å². The summed E-state index contributed by atoms with van der Waals surface area (Å²) >= 11 is 0. The topological polar surface area (TPSA) is 43.8 Å². The van der Waals surface area contributed by atoms with Gasteiger partial charge in [0.15, 0.2) is 0 Å². The number of likely N-dealkylation sites (tertiary alicyclic amines) is 2. The Balaban J connectivity index is 1.48. The number of phenols is 1. The Morgan fingerprint density at radius 2 is 1.67 bits per heavy atom. The molecule has 2 heterocycles. The fraction of sp³-hybridized carbons (Fsp3) is 0.588. The van der Waals surface area contributed by atoms with Gasteiger partial charge in [0.25, 0.3) is 0 Å². The SMILES string of the molecule is O=C(CN1CCC(c2ccc(O)cc2)CC1)N1CCCC1. The van der Waals surface area contributed by atoms with Crippen molar-refractivity contribution < 1.29 is 9.90 Å². The molecule has 2 aliphatic rings. The van der Waals surface area contributed by atoms with Gasteiger partial charge in [0.2, 0.25) is 5.91 Å². The van der Waals surface area contributed by atoms with Crippen molar-refractivity contribution in [2.45, 2.75) is 31.6 Å². The molecule has 0 aromatic heterocycles. The lowest BCUT2D eigenvalue weighted by atomic mass is 9.89. The van der Waals surface area contributed by atoms with Gasteiger partial charge in [-0.1, -0.05) is 12.1 Å². The van der Waals surface area contributed by atoms with Crippen LogP contribution >= 0.6 is 0 Å². The van der Waals surface area contributed by atoms with Crippen LogP contribution < -0.4 is 0 Å². The lowest BCUT2D eigenvalue weighted by molar-refractivity contribution is -0.131. The van der Waals surface area contributed by atoms with Gasteiger partial charge in [-0.05, 0) is 62.4 Å². The van der Waals surface area contributed by atoms with Crippen molar-refractivity contribution >= 4 is 5.91 Å². The molecule has 0 radical (unpaired) electrons. The summed E-state index contributed by atoms with van der Waals surface area (Å²) in [5.41, 5.74) is 1.30. The third kappa shape index (κ3) is 3.56. The van der Waals surface area contributed by atoms with Gasteiger partial charge in [0.05, 0.1) is 6.54 Å². The molecule has 114 valence electrons. The van der Waals surface area contributed by atoms with Crippen molar-refractivity contribution in [3.05, 3.63) is 29.8 Å².